The Bertz CT molecular complexity index is 1520. The summed E-state index contributed by atoms with van der Waals surface area (Å²) in [6.07, 6.45) is 5.98. The first-order valence-corrected chi connectivity index (χ1v) is 15.6. The van der Waals surface area contributed by atoms with E-state index in [1.807, 2.05) is 18.2 Å². The molecule has 1 saturated heterocycles. The van der Waals surface area contributed by atoms with Crippen LogP contribution in [-0.2, 0) is 27.8 Å². The fraction of sp³-hybridized carbons (Fsp3) is 0.613. The van der Waals surface area contributed by atoms with Crippen molar-refractivity contribution in [2.24, 2.45) is 13.0 Å². The Hall–Kier alpha value is -3.58. The molecule has 0 radical (unpaired) electrons. The van der Waals surface area contributed by atoms with Crippen molar-refractivity contribution in [3.05, 3.63) is 46.1 Å². The van der Waals surface area contributed by atoms with Gasteiger partial charge in [-0.05, 0) is 82.5 Å². The molecule has 1 atom stereocenters. The molecule has 1 aromatic carbocycles. The monoisotopic (exact) mass is 615 g/mol. The number of alkyl halides is 2. The molecular formula is C31H43F2N7O4. The molecule has 3 heterocycles. The van der Waals surface area contributed by atoms with Gasteiger partial charge in [-0.25, -0.2) is 13.6 Å². The highest BCUT2D eigenvalue weighted by Gasteiger charge is 2.31. The van der Waals surface area contributed by atoms with Gasteiger partial charge < -0.3 is 15.4 Å². The SMILES string of the molecule is CN(CCOCCCc1cccc2c1n(C)c(=O)n2C1CCC(=O)NC1=O)CC[C@H]1CC[C@H](n2cc(N)c(C(F)F)n2)CC1. The Morgan fingerprint density at radius 3 is 2.59 bits per heavy atom. The summed E-state index contributed by atoms with van der Waals surface area (Å²) in [6.45, 7) is 3.03. The zero-order valence-corrected chi connectivity index (χ0v) is 25.5. The second-order valence-corrected chi connectivity index (χ2v) is 12.2. The normalized spacial score (nSPS) is 21.1. The highest BCUT2D eigenvalue weighted by atomic mass is 19.3. The quantitative estimate of drug-likeness (QED) is 0.221. The summed E-state index contributed by atoms with van der Waals surface area (Å²) in [4.78, 5) is 39.5. The summed E-state index contributed by atoms with van der Waals surface area (Å²) in [5.74, 6) is -0.130. The number of hydrogen-bond donors (Lipinski definition) is 2. The summed E-state index contributed by atoms with van der Waals surface area (Å²) >= 11 is 0. The number of para-hydroxylation sites is 1. The zero-order chi connectivity index (χ0) is 31.4. The Labute approximate surface area is 255 Å². The van der Waals surface area contributed by atoms with E-state index in [1.165, 1.54) is 4.57 Å². The smallest absolute Gasteiger partial charge is 0.329 e. The van der Waals surface area contributed by atoms with Crippen LogP contribution in [0.4, 0.5) is 14.5 Å². The van der Waals surface area contributed by atoms with Crippen LogP contribution < -0.4 is 16.7 Å². The topological polar surface area (TPSA) is 129 Å². The van der Waals surface area contributed by atoms with Gasteiger partial charge in [0, 0.05) is 32.8 Å². The number of likely N-dealkylation sites (N-methyl/N-ethyl adjacent to an activating group) is 1. The van der Waals surface area contributed by atoms with Gasteiger partial charge in [-0.3, -0.25) is 28.7 Å². The Balaban J connectivity index is 1.01. The molecule has 2 aliphatic rings. The molecular weight excluding hydrogens is 572 g/mol. The van der Waals surface area contributed by atoms with Crippen LogP contribution in [0.3, 0.4) is 0 Å². The first-order chi connectivity index (χ1) is 21.1. The largest absolute Gasteiger partial charge is 0.396 e. The lowest BCUT2D eigenvalue weighted by Gasteiger charge is -2.30. The Morgan fingerprint density at radius 1 is 1.11 bits per heavy atom. The maximum absolute atomic E-state index is 13.1. The molecule has 1 saturated carbocycles. The van der Waals surface area contributed by atoms with Crippen LogP contribution in [0.25, 0.3) is 11.0 Å². The van der Waals surface area contributed by atoms with Gasteiger partial charge in [0.2, 0.25) is 11.8 Å². The van der Waals surface area contributed by atoms with Crippen molar-refractivity contribution in [3.8, 4) is 0 Å². The number of aryl methyl sites for hydroxylation is 2. The van der Waals surface area contributed by atoms with Gasteiger partial charge in [-0.1, -0.05) is 12.1 Å². The molecule has 0 bridgehead atoms. The number of nitrogens with zero attached hydrogens (tertiary/aromatic N) is 5. The van der Waals surface area contributed by atoms with E-state index in [0.29, 0.717) is 31.1 Å². The number of benzene rings is 1. The number of imidazole rings is 1. The lowest BCUT2D eigenvalue weighted by molar-refractivity contribution is -0.135. The van der Waals surface area contributed by atoms with Gasteiger partial charge in [0.1, 0.15) is 6.04 Å². The van der Waals surface area contributed by atoms with Crippen LogP contribution in [0.15, 0.2) is 29.2 Å². The van der Waals surface area contributed by atoms with Crippen molar-refractivity contribution < 1.29 is 23.1 Å². The van der Waals surface area contributed by atoms with Gasteiger partial charge >= 0.3 is 5.69 Å². The predicted octanol–water partition coefficient (Wildman–Crippen LogP) is 3.74. The number of hydrogen-bond acceptors (Lipinski definition) is 7. The molecule has 2 amide bonds. The Kier molecular flexibility index (Phi) is 10.1. The van der Waals surface area contributed by atoms with Gasteiger partial charge in [0.05, 0.1) is 29.4 Å². The zero-order valence-electron chi connectivity index (χ0n) is 25.5. The number of anilines is 1. The molecule has 2 fully saturated rings. The van der Waals surface area contributed by atoms with Crippen LogP contribution in [0.1, 0.15) is 81.1 Å². The number of aromatic nitrogens is 4. The van der Waals surface area contributed by atoms with Crippen molar-refractivity contribution in [1.29, 1.82) is 0 Å². The number of nitrogen functional groups attached to an aromatic ring is 1. The molecule has 1 aliphatic heterocycles. The number of piperidine rings is 1. The second kappa shape index (κ2) is 14.0. The minimum atomic E-state index is -2.65. The number of nitrogens with one attached hydrogen (secondary N) is 1. The lowest BCUT2D eigenvalue weighted by Crippen LogP contribution is -2.44. The van der Waals surface area contributed by atoms with E-state index in [-0.39, 0.29) is 35.4 Å². The number of fused-ring (bicyclic) bond motifs is 1. The minimum absolute atomic E-state index is 0.0667. The molecule has 1 aliphatic carbocycles. The van der Waals surface area contributed by atoms with E-state index in [0.717, 1.165) is 69.1 Å². The van der Waals surface area contributed by atoms with Crippen molar-refractivity contribution in [2.75, 3.05) is 39.1 Å². The molecule has 44 heavy (non-hydrogen) atoms. The highest BCUT2D eigenvalue weighted by Crippen LogP contribution is 2.35. The summed E-state index contributed by atoms with van der Waals surface area (Å²) in [6, 6.07) is 5.19. The summed E-state index contributed by atoms with van der Waals surface area (Å²) in [7, 11) is 3.82. The third kappa shape index (κ3) is 7.04. The van der Waals surface area contributed by atoms with Crippen molar-refractivity contribution in [2.45, 2.75) is 76.3 Å². The molecule has 1 unspecified atom stereocenters. The van der Waals surface area contributed by atoms with E-state index >= 15 is 0 Å². The van der Waals surface area contributed by atoms with Crippen molar-refractivity contribution in [1.82, 2.24) is 29.1 Å². The number of imide groups is 1. The lowest BCUT2D eigenvalue weighted by atomic mass is 9.84. The first-order valence-electron chi connectivity index (χ1n) is 15.6. The number of nitrogens with two attached hydrogens (primary N) is 1. The van der Waals surface area contributed by atoms with Crippen LogP contribution >= 0.6 is 0 Å². The second-order valence-electron chi connectivity index (χ2n) is 12.2. The van der Waals surface area contributed by atoms with Gasteiger partial charge in [-0.2, -0.15) is 5.10 Å². The molecule has 0 spiro atoms. The van der Waals surface area contributed by atoms with Crippen molar-refractivity contribution in [3.63, 3.8) is 0 Å². The van der Waals surface area contributed by atoms with Crippen LogP contribution in [0.5, 0.6) is 0 Å². The Morgan fingerprint density at radius 2 is 1.89 bits per heavy atom. The maximum atomic E-state index is 13.1. The summed E-state index contributed by atoms with van der Waals surface area (Å²) in [5.41, 5.74) is 7.72. The van der Waals surface area contributed by atoms with Crippen LogP contribution in [0.2, 0.25) is 0 Å². The predicted molar refractivity (Wildman–Crippen MR) is 162 cm³/mol. The van der Waals surface area contributed by atoms with E-state index in [1.54, 1.807) is 22.5 Å². The van der Waals surface area contributed by atoms with Gasteiger partial charge in [-0.15, -0.1) is 0 Å². The average molecular weight is 616 g/mol. The summed E-state index contributed by atoms with van der Waals surface area (Å²) < 4.78 is 36.7. The van der Waals surface area contributed by atoms with Gasteiger partial charge in [0.25, 0.3) is 6.43 Å². The summed E-state index contributed by atoms with van der Waals surface area (Å²) in [5, 5.41) is 6.38. The highest BCUT2D eigenvalue weighted by molar-refractivity contribution is 6.00. The third-order valence-electron chi connectivity index (χ3n) is 9.17. The van der Waals surface area contributed by atoms with Crippen molar-refractivity contribution >= 4 is 28.5 Å². The number of carbonyl (C=O) groups excluding carboxylic acids is 2. The van der Waals surface area contributed by atoms with E-state index in [4.69, 9.17) is 10.5 Å². The maximum Gasteiger partial charge on any atom is 0.329 e. The molecule has 240 valence electrons. The first kappa shape index (κ1) is 31.8. The number of halogens is 2. The fourth-order valence-corrected chi connectivity index (χ4v) is 6.63. The number of ether oxygens (including phenoxy) is 1. The number of rotatable bonds is 13. The molecule has 13 heteroatoms. The van der Waals surface area contributed by atoms with E-state index in [2.05, 4.69) is 22.4 Å². The van der Waals surface area contributed by atoms with E-state index < -0.39 is 18.4 Å². The molecule has 3 N–H and O–H groups in total. The fourth-order valence-electron chi connectivity index (χ4n) is 6.63. The molecule has 2 aromatic heterocycles. The van der Waals surface area contributed by atoms with Crippen LogP contribution in [0, 0.1) is 5.92 Å². The third-order valence-corrected chi connectivity index (χ3v) is 9.17. The number of amides is 2. The minimum Gasteiger partial charge on any atom is -0.396 e. The molecule has 11 nitrogen and oxygen atoms in total. The van der Waals surface area contributed by atoms with Gasteiger partial charge in [0.15, 0.2) is 5.69 Å². The average Bonchev–Trinajstić information content (AvgIpc) is 3.51. The van der Waals surface area contributed by atoms with Crippen LogP contribution in [-0.4, -0.2) is 69.0 Å². The molecule has 3 aromatic rings. The van der Waals surface area contributed by atoms with E-state index in [9.17, 15) is 23.2 Å². The standard InChI is InChI=1S/C31H43F2N7O4/c1-37(15-14-20-8-10-22(11-9-20)39-19-23(34)27(36-39)29(32)33)16-18-44-17-4-6-21-5-3-7-24-28(21)38(2)31(43)40(24)25-12-13-26(41)35-30(25)42/h3,5,7,19-20,22,25,29H,4,6,8-18,34H2,1-2H3,(H,35,41,42)/t20-,22-,25?. The number of carbonyl (C=O) groups is 2. The molecule has 5 rings (SSSR count).